The second kappa shape index (κ2) is 6.74. The maximum atomic E-state index is 2.58. The predicted molar refractivity (Wildman–Crippen MR) is 100 cm³/mol. The quantitative estimate of drug-likeness (QED) is 0.614. The van der Waals surface area contributed by atoms with Gasteiger partial charge in [-0.3, -0.25) is 0 Å². The van der Waals surface area contributed by atoms with Crippen molar-refractivity contribution in [3.05, 3.63) is 77.9 Å². The summed E-state index contributed by atoms with van der Waals surface area (Å²) >= 11 is 0. The highest BCUT2D eigenvalue weighted by Crippen LogP contribution is 2.43. The molecule has 120 valence electrons. The second-order valence-electron chi connectivity index (χ2n) is 7.89. The summed E-state index contributed by atoms with van der Waals surface area (Å²) in [7, 11) is 0. The molecule has 1 saturated carbocycles. The SMILES string of the molecule is CC(C)(C)C(=CC1CCC1Cc1ccccc1)c1ccccc1. The molecule has 0 aliphatic heterocycles. The summed E-state index contributed by atoms with van der Waals surface area (Å²) in [4.78, 5) is 0. The molecule has 0 radical (unpaired) electrons. The van der Waals surface area contributed by atoms with Crippen molar-refractivity contribution in [2.45, 2.75) is 40.0 Å². The van der Waals surface area contributed by atoms with Crippen molar-refractivity contribution in [1.82, 2.24) is 0 Å². The van der Waals surface area contributed by atoms with E-state index in [0.29, 0.717) is 0 Å². The van der Waals surface area contributed by atoms with Gasteiger partial charge >= 0.3 is 0 Å². The third-order valence-electron chi connectivity index (χ3n) is 5.09. The summed E-state index contributed by atoms with van der Waals surface area (Å²) < 4.78 is 0. The molecule has 2 aromatic carbocycles. The molecule has 0 saturated heterocycles. The molecule has 0 heterocycles. The molecule has 2 aromatic rings. The number of hydrogen-bond acceptors (Lipinski definition) is 0. The van der Waals surface area contributed by atoms with Crippen LogP contribution in [-0.2, 0) is 6.42 Å². The van der Waals surface area contributed by atoms with Gasteiger partial charge in [-0.2, -0.15) is 0 Å². The van der Waals surface area contributed by atoms with Crippen LogP contribution in [-0.4, -0.2) is 0 Å². The fourth-order valence-electron chi connectivity index (χ4n) is 3.60. The Morgan fingerprint density at radius 2 is 1.52 bits per heavy atom. The van der Waals surface area contributed by atoms with Gasteiger partial charge in [-0.25, -0.2) is 0 Å². The standard InChI is InChI=1S/C23H28/c1-23(2,3)22(19-12-8-5-9-13-19)17-21-15-14-20(21)16-18-10-6-4-7-11-18/h4-13,17,20-21H,14-16H2,1-3H3. The van der Waals surface area contributed by atoms with Crippen LogP contribution in [0.25, 0.3) is 5.57 Å². The Bertz CT molecular complexity index is 643. The van der Waals surface area contributed by atoms with E-state index in [1.807, 2.05) is 0 Å². The predicted octanol–water partition coefficient (Wildman–Crippen LogP) is 6.39. The minimum atomic E-state index is 0.189. The number of rotatable bonds is 4. The maximum absolute atomic E-state index is 2.58. The van der Waals surface area contributed by atoms with Gasteiger partial charge in [0.15, 0.2) is 0 Å². The van der Waals surface area contributed by atoms with Crippen LogP contribution in [0.15, 0.2) is 66.7 Å². The molecule has 1 fully saturated rings. The van der Waals surface area contributed by atoms with Gasteiger partial charge in [0, 0.05) is 0 Å². The molecule has 0 nitrogen and oxygen atoms in total. The molecule has 0 spiro atoms. The van der Waals surface area contributed by atoms with Crippen molar-refractivity contribution >= 4 is 5.57 Å². The molecule has 0 aromatic heterocycles. The molecule has 2 unspecified atom stereocenters. The van der Waals surface area contributed by atoms with Gasteiger partial charge < -0.3 is 0 Å². The summed E-state index contributed by atoms with van der Waals surface area (Å²) in [6.07, 6.45) is 6.49. The Kier molecular flexibility index (Phi) is 4.71. The van der Waals surface area contributed by atoms with Gasteiger partial charge in [0.2, 0.25) is 0 Å². The Morgan fingerprint density at radius 3 is 2.04 bits per heavy atom. The fraction of sp³-hybridized carbons (Fsp3) is 0.391. The third-order valence-corrected chi connectivity index (χ3v) is 5.09. The van der Waals surface area contributed by atoms with Gasteiger partial charge in [0.1, 0.15) is 0 Å². The van der Waals surface area contributed by atoms with E-state index in [1.54, 1.807) is 0 Å². The molecule has 0 heteroatoms. The van der Waals surface area contributed by atoms with Gasteiger partial charge in [-0.1, -0.05) is 87.5 Å². The topological polar surface area (TPSA) is 0 Å². The maximum Gasteiger partial charge on any atom is -0.0129 e. The molecule has 1 aliphatic carbocycles. The van der Waals surface area contributed by atoms with Crippen LogP contribution in [0.2, 0.25) is 0 Å². The molecule has 0 bridgehead atoms. The van der Waals surface area contributed by atoms with Gasteiger partial charge in [-0.15, -0.1) is 0 Å². The first-order chi connectivity index (χ1) is 11.0. The van der Waals surface area contributed by atoms with E-state index in [4.69, 9.17) is 0 Å². The lowest BCUT2D eigenvalue weighted by molar-refractivity contribution is 0.225. The Balaban J connectivity index is 1.80. The van der Waals surface area contributed by atoms with Crippen LogP contribution >= 0.6 is 0 Å². The highest BCUT2D eigenvalue weighted by Gasteiger charge is 2.31. The highest BCUT2D eigenvalue weighted by atomic mass is 14.4. The Hall–Kier alpha value is -1.82. The first-order valence-corrected chi connectivity index (χ1v) is 8.86. The normalized spacial score (nSPS) is 21.8. The Morgan fingerprint density at radius 1 is 0.913 bits per heavy atom. The monoisotopic (exact) mass is 304 g/mol. The molecular formula is C23H28. The number of benzene rings is 2. The van der Waals surface area contributed by atoms with Crippen molar-refractivity contribution in [3.8, 4) is 0 Å². The van der Waals surface area contributed by atoms with Crippen LogP contribution in [0.5, 0.6) is 0 Å². The lowest BCUT2D eigenvalue weighted by Gasteiger charge is -2.37. The zero-order valence-corrected chi connectivity index (χ0v) is 14.6. The summed E-state index contributed by atoms with van der Waals surface area (Å²) in [6.45, 7) is 6.99. The second-order valence-corrected chi connectivity index (χ2v) is 7.89. The van der Waals surface area contributed by atoms with Gasteiger partial charge in [0.25, 0.3) is 0 Å². The van der Waals surface area contributed by atoms with Crippen LogP contribution in [0.4, 0.5) is 0 Å². The summed E-state index contributed by atoms with van der Waals surface area (Å²) in [5.41, 5.74) is 4.55. The first kappa shape index (κ1) is 16.1. The molecule has 0 amide bonds. The van der Waals surface area contributed by atoms with E-state index in [9.17, 15) is 0 Å². The highest BCUT2D eigenvalue weighted by molar-refractivity contribution is 5.69. The zero-order valence-electron chi connectivity index (χ0n) is 14.6. The van der Waals surface area contributed by atoms with Crippen LogP contribution in [0.1, 0.15) is 44.7 Å². The van der Waals surface area contributed by atoms with Crippen molar-refractivity contribution in [3.63, 3.8) is 0 Å². The van der Waals surface area contributed by atoms with Crippen LogP contribution < -0.4 is 0 Å². The minimum Gasteiger partial charge on any atom is -0.0768 e. The van der Waals surface area contributed by atoms with Crippen molar-refractivity contribution in [2.75, 3.05) is 0 Å². The van der Waals surface area contributed by atoms with E-state index in [2.05, 4.69) is 87.5 Å². The first-order valence-electron chi connectivity index (χ1n) is 8.86. The lowest BCUT2D eigenvalue weighted by atomic mass is 9.68. The molecule has 23 heavy (non-hydrogen) atoms. The molecule has 0 N–H and O–H groups in total. The van der Waals surface area contributed by atoms with Crippen molar-refractivity contribution < 1.29 is 0 Å². The van der Waals surface area contributed by atoms with E-state index < -0.39 is 0 Å². The number of hydrogen-bond donors (Lipinski definition) is 0. The van der Waals surface area contributed by atoms with E-state index in [0.717, 1.165) is 11.8 Å². The van der Waals surface area contributed by atoms with Gasteiger partial charge in [-0.05, 0) is 53.2 Å². The smallest absolute Gasteiger partial charge is 0.0129 e. The van der Waals surface area contributed by atoms with E-state index in [1.165, 1.54) is 36.0 Å². The number of allylic oxidation sites excluding steroid dienone is 2. The molecule has 1 aliphatic rings. The van der Waals surface area contributed by atoms with Crippen molar-refractivity contribution in [1.29, 1.82) is 0 Å². The third kappa shape index (κ3) is 3.93. The van der Waals surface area contributed by atoms with E-state index >= 15 is 0 Å². The van der Waals surface area contributed by atoms with E-state index in [-0.39, 0.29) is 5.41 Å². The summed E-state index contributed by atoms with van der Waals surface area (Å²) in [5, 5.41) is 0. The van der Waals surface area contributed by atoms with Gasteiger partial charge in [0.05, 0.1) is 0 Å². The molecular weight excluding hydrogens is 276 g/mol. The fourth-order valence-corrected chi connectivity index (χ4v) is 3.60. The average Bonchev–Trinajstić information content (AvgIpc) is 2.53. The zero-order chi connectivity index (χ0) is 16.3. The summed E-state index contributed by atoms with van der Waals surface area (Å²) in [6, 6.07) is 21.9. The minimum absolute atomic E-state index is 0.189. The lowest BCUT2D eigenvalue weighted by Crippen LogP contribution is -2.27. The summed E-state index contributed by atoms with van der Waals surface area (Å²) in [5.74, 6) is 1.53. The largest absolute Gasteiger partial charge is 0.0768 e. The Labute approximate surface area is 141 Å². The molecule has 2 atom stereocenters. The molecule has 3 rings (SSSR count). The van der Waals surface area contributed by atoms with Crippen molar-refractivity contribution in [2.24, 2.45) is 17.3 Å². The van der Waals surface area contributed by atoms with Crippen LogP contribution in [0, 0.1) is 17.3 Å². The average molecular weight is 304 g/mol. The van der Waals surface area contributed by atoms with Crippen LogP contribution in [0.3, 0.4) is 0 Å².